The molecule has 11 heteroatoms. The third-order valence-corrected chi connectivity index (χ3v) is 7.99. The Labute approximate surface area is 222 Å². The van der Waals surface area contributed by atoms with E-state index in [1.54, 1.807) is 6.07 Å². The highest BCUT2D eigenvalue weighted by atomic mass is 32.1. The Hall–Kier alpha value is -3.44. The number of primary amides is 1. The lowest BCUT2D eigenvalue weighted by Crippen LogP contribution is -2.35. The molecule has 0 saturated carbocycles. The predicted octanol–water partition coefficient (Wildman–Crippen LogP) is 6.00. The molecule has 0 bridgehead atoms. The molecule has 0 spiro atoms. The smallest absolute Gasteiger partial charge is 0.416 e. The molecule has 0 radical (unpaired) electrons. The van der Waals surface area contributed by atoms with Gasteiger partial charge in [-0.2, -0.15) is 13.2 Å². The summed E-state index contributed by atoms with van der Waals surface area (Å²) < 4.78 is 52.8. The summed E-state index contributed by atoms with van der Waals surface area (Å²) >= 11 is 1.13. The van der Waals surface area contributed by atoms with Crippen LogP contribution in [-0.2, 0) is 6.18 Å². The number of anilines is 3. The third kappa shape index (κ3) is 5.39. The molecule has 2 aliphatic rings. The van der Waals surface area contributed by atoms with Crippen molar-refractivity contribution in [1.82, 2.24) is 4.90 Å². The van der Waals surface area contributed by atoms with Crippen LogP contribution in [0.3, 0.4) is 0 Å². The highest BCUT2D eigenvalue weighted by Crippen LogP contribution is 2.46. The molecule has 3 heterocycles. The first-order chi connectivity index (χ1) is 18.1. The molecular formula is C27H29F3N4O3S. The Morgan fingerprint density at radius 2 is 1.89 bits per heavy atom. The number of ether oxygens (including phenoxy) is 2. The molecule has 5 rings (SSSR count). The minimum Gasteiger partial charge on any atom is -0.490 e. The minimum absolute atomic E-state index is 0.0212. The number of amides is 1. The summed E-state index contributed by atoms with van der Waals surface area (Å²) in [5.74, 6) is 0.195. The number of hydrogen-bond donors (Lipinski definition) is 2. The summed E-state index contributed by atoms with van der Waals surface area (Å²) in [7, 11) is 2.10. The van der Waals surface area contributed by atoms with Crippen molar-refractivity contribution in [3.05, 3.63) is 64.5 Å². The number of nitrogens with one attached hydrogen (secondary N) is 1. The lowest BCUT2D eigenvalue weighted by molar-refractivity contribution is -0.139. The number of benzene rings is 2. The number of nitrogens with two attached hydrogens (primary N) is 1. The van der Waals surface area contributed by atoms with Gasteiger partial charge in [-0.25, -0.2) is 0 Å². The average molecular weight is 547 g/mol. The highest BCUT2D eigenvalue weighted by molar-refractivity contribution is 7.18. The zero-order valence-corrected chi connectivity index (χ0v) is 21.9. The maximum atomic E-state index is 13.5. The molecule has 202 valence electrons. The van der Waals surface area contributed by atoms with Crippen LogP contribution in [0.4, 0.5) is 29.5 Å². The molecule has 1 aromatic heterocycles. The van der Waals surface area contributed by atoms with E-state index in [9.17, 15) is 18.0 Å². The fourth-order valence-electron chi connectivity index (χ4n) is 4.82. The quantitative estimate of drug-likeness (QED) is 0.379. The summed E-state index contributed by atoms with van der Waals surface area (Å²) in [6, 6.07) is 12.7. The van der Waals surface area contributed by atoms with E-state index in [-0.39, 0.29) is 22.3 Å². The van der Waals surface area contributed by atoms with E-state index in [1.165, 1.54) is 25.1 Å². The number of carbonyl (C=O) groups is 1. The van der Waals surface area contributed by atoms with E-state index in [0.29, 0.717) is 11.7 Å². The largest absolute Gasteiger partial charge is 0.490 e. The van der Waals surface area contributed by atoms with E-state index in [1.807, 2.05) is 23.1 Å². The van der Waals surface area contributed by atoms with Crippen LogP contribution in [0.2, 0.25) is 0 Å². The summed E-state index contributed by atoms with van der Waals surface area (Å²) in [5.41, 5.74) is 6.60. The number of hydrogen-bond acceptors (Lipinski definition) is 7. The van der Waals surface area contributed by atoms with Crippen molar-refractivity contribution in [3.63, 3.8) is 0 Å². The molecule has 1 amide bonds. The first kappa shape index (κ1) is 26.2. The number of carbonyl (C=O) groups excluding carboxylic acids is 1. The molecule has 38 heavy (non-hydrogen) atoms. The van der Waals surface area contributed by atoms with E-state index in [4.69, 9.17) is 15.2 Å². The van der Waals surface area contributed by atoms with Crippen LogP contribution in [-0.4, -0.2) is 43.7 Å². The molecule has 0 unspecified atom stereocenters. The fraction of sp³-hybridized carbons (Fsp3) is 0.370. The fourth-order valence-corrected chi connectivity index (χ4v) is 5.77. The molecule has 3 N–H and O–H groups in total. The zero-order valence-electron chi connectivity index (χ0n) is 21.0. The van der Waals surface area contributed by atoms with Crippen LogP contribution < -0.4 is 25.4 Å². The predicted molar refractivity (Wildman–Crippen MR) is 142 cm³/mol. The summed E-state index contributed by atoms with van der Waals surface area (Å²) in [4.78, 5) is 16.6. The maximum absolute atomic E-state index is 13.5. The molecule has 7 nitrogen and oxygen atoms in total. The summed E-state index contributed by atoms with van der Waals surface area (Å²) in [5, 5.41) is 4.00. The lowest BCUT2D eigenvalue weighted by Gasteiger charge is -2.29. The highest BCUT2D eigenvalue weighted by Gasteiger charge is 2.35. The normalized spacial score (nSPS) is 17.1. The molecule has 2 aromatic carbocycles. The van der Waals surface area contributed by atoms with Gasteiger partial charge in [0.15, 0.2) is 0 Å². The molecule has 1 fully saturated rings. The van der Waals surface area contributed by atoms with Crippen molar-refractivity contribution in [2.24, 2.45) is 5.73 Å². The van der Waals surface area contributed by atoms with Gasteiger partial charge in [-0.05, 0) is 45.0 Å². The number of nitrogens with zero attached hydrogens (tertiary/aromatic N) is 2. The number of halogens is 3. The van der Waals surface area contributed by atoms with E-state index >= 15 is 0 Å². The van der Waals surface area contributed by atoms with Crippen LogP contribution in [0.25, 0.3) is 0 Å². The van der Waals surface area contributed by atoms with Gasteiger partial charge in [-0.3, -0.25) is 4.79 Å². The standard InChI is InChI=1S/C27H29F3N4O3S/c1-16(19-5-3-4-6-20(19)27(28,29)30)36-23-14-24(38-25(23)26(31)35)34-15-32-21-8-7-18(13-22(21)34)37-17-9-11-33(2)12-10-17/h3-8,13-14,16-17,32H,9-12,15H2,1-2H3,(H2,31,35)/t16-/m1/s1. The Kier molecular flexibility index (Phi) is 7.15. The van der Waals surface area contributed by atoms with Crippen molar-refractivity contribution >= 4 is 33.6 Å². The lowest BCUT2D eigenvalue weighted by atomic mass is 10.0. The van der Waals surface area contributed by atoms with Gasteiger partial charge in [-0.15, -0.1) is 11.3 Å². The van der Waals surface area contributed by atoms with E-state index < -0.39 is 23.8 Å². The van der Waals surface area contributed by atoms with Gasteiger partial charge in [0.05, 0.1) is 23.6 Å². The molecular weight excluding hydrogens is 517 g/mol. The molecule has 2 aliphatic heterocycles. The SMILES string of the molecule is C[C@@H](Oc1cc(N2CNc3ccc(OC4CCN(C)CC4)cc32)sc1C(N)=O)c1ccccc1C(F)(F)F. The summed E-state index contributed by atoms with van der Waals surface area (Å²) in [6.45, 7) is 3.94. The second kappa shape index (κ2) is 10.4. The number of fused-ring (bicyclic) bond motifs is 1. The van der Waals surface area contributed by atoms with Gasteiger partial charge in [0.1, 0.15) is 33.6 Å². The first-order valence-electron chi connectivity index (χ1n) is 12.4. The van der Waals surface area contributed by atoms with Crippen molar-refractivity contribution in [3.8, 4) is 11.5 Å². The molecule has 0 aliphatic carbocycles. The molecule has 1 saturated heterocycles. The number of rotatable bonds is 7. The van der Waals surface area contributed by atoms with Crippen LogP contribution in [0.1, 0.15) is 46.7 Å². The van der Waals surface area contributed by atoms with Gasteiger partial charge in [0.2, 0.25) is 0 Å². The Bertz CT molecular complexity index is 1320. The third-order valence-electron chi connectivity index (χ3n) is 6.84. The Balaban J connectivity index is 1.39. The molecule has 3 aromatic rings. The number of thiophene rings is 1. The van der Waals surface area contributed by atoms with Crippen molar-refractivity contribution < 1.29 is 27.4 Å². The van der Waals surface area contributed by atoms with Gasteiger partial charge < -0.3 is 30.3 Å². The maximum Gasteiger partial charge on any atom is 0.416 e. The Morgan fingerprint density at radius 1 is 1.16 bits per heavy atom. The van der Waals surface area contributed by atoms with Gasteiger partial charge in [-0.1, -0.05) is 18.2 Å². The van der Waals surface area contributed by atoms with Crippen LogP contribution in [0.5, 0.6) is 11.5 Å². The van der Waals surface area contributed by atoms with E-state index in [0.717, 1.165) is 60.5 Å². The van der Waals surface area contributed by atoms with Crippen molar-refractivity contribution in [2.75, 3.05) is 37.0 Å². The van der Waals surface area contributed by atoms with Crippen LogP contribution in [0, 0.1) is 0 Å². The number of alkyl halides is 3. The first-order valence-corrected chi connectivity index (χ1v) is 13.2. The van der Waals surface area contributed by atoms with Gasteiger partial charge in [0.25, 0.3) is 5.91 Å². The minimum atomic E-state index is -4.53. The monoisotopic (exact) mass is 546 g/mol. The summed E-state index contributed by atoms with van der Waals surface area (Å²) in [6.07, 6.45) is -3.43. The Morgan fingerprint density at radius 3 is 2.61 bits per heavy atom. The van der Waals surface area contributed by atoms with Crippen LogP contribution in [0.15, 0.2) is 48.5 Å². The zero-order chi connectivity index (χ0) is 27.0. The van der Waals surface area contributed by atoms with Crippen LogP contribution >= 0.6 is 11.3 Å². The van der Waals surface area contributed by atoms with E-state index in [2.05, 4.69) is 17.3 Å². The second-order valence-corrected chi connectivity index (χ2v) is 10.6. The number of likely N-dealkylation sites (tertiary alicyclic amines) is 1. The van der Waals surface area contributed by atoms with Gasteiger partial charge >= 0.3 is 6.18 Å². The number of piperidine rings is 1. The van der Waals surface area contributed by atoms with Crippen molar-refractivity contribution in [2.45, 2.75) is 38.1 Å². The molecule has 1 atom stereocenters. The van der Waals surface area contributed by atoms with Gasteiger partial charge in [0, 0.05) is 30.8 Å². The average Bonchev–Trinajstić information content (AvgIpc) is 3.49. The van der Waals surface area contributed by atoms with Crippen molar-refractivity contribution in [1.29, 1.82) is 0 Å². The topological polar surface area (TPSA) is 80.1 Å². The second-order valence-electron chi connectivity index (χ2n) is 9.55.